The van der Waals surface area contributed by atoms with E-state index >= 15 is 0 Å². The van der Waals surface area contributed by atoms with Gasteiger partial charge in [0.1, 0.15) is 5.01 Å². The summed E-state index contributed by atoms with van der Waals surface area (Å²) < 4.78 is 1.88. The molecule has 92 valence electrons. The van der Waals surface area contributed by atoms with E-state index in [2.05, 4.69) is 41.6 Å². The van der Waals surface area contributed by atoms with Gasteiger partial charge >= 0.3 is 0 Å². The molecule has 2 aromatic heterocycles. The smallest absolute Gasteiger partial charge is 0.127 e. The number of rotatable bonds is 4. The standard InChI is InChI=1S/C12H18N4S/c1-5-13-8(2)11-7-17-12(15-11)10-6-14-16(4)9(10)3/h6-8,13H,5H2,1-4H3. The van der Waals surface area contributed by atoms with Crippen molar-refractivity contribution in [3.63, 3.8) is 0 Å². The Morgan fingerprint density at radius 1 is 1.53 bits per heavy atom. The number of hydrogen-bond donors (Lipinski definition) is 1. The Morgan fingerprint density at radius 3 is 2.88 bits per heavy atom. The molecule has 0 aromatic carbocycles. The minimum atomic E-state index is 0.307. The molecule has 2 rings (SSSR count). The Hall–Kier alpha value is -1.20. The fourth-order valence-corrected chi connectivity index (χ4v) is 2.70. The third-order valence-corrected chi connectivity index (χ3v) is 3.84. The molecule has 1 N–H and O–H groups in total. The van der Waals surface area contributed by atoms with Gasteiger partial charge in [0.2, 0.25) is 0 Å². The van der Waals surface area contributed by atoms with Crippen LogP contribution in [-0.4, -0.2) is 21.3 Å². The Morgan fingerprint density at radius 2 is 2.29 bits per heavy atom. The molecule has 0 fully saturated rings. The summed E-state index contributed by atoms with van der Waals surface area (Å²) in [7, 11) is 1.95. The van der Waals surface area contributed by atoms with E-state index in [1.165, 1.54) is 0 Å². The van der Waals surface area contributed by atoms with Gasteiger partial charge in [0.15, 0.2) is 0 Å². The molecule has 0 aliphatic heterocycles. The van der Waals surface area contributed by atoms with E-state index in [1.807, 2.05) is 17.9 Å². The molecule has 0 radical (unpaired) electrons. The van der Waals surface area contributed by atoms with Crippen LogP contribution < -0.4 is 5.32 Å². The van der Waals surface area contributed by atoms with Gasteiger partial charge in [-0.15, -0.1) is 11.3 Å². The fraction of sp³-hybridized carbons (Fsp3) is 0.500. The number of aromatic nitrogens is 3. The van der Waals surface area contributed by atoms with Gasteiger partial charge in [0, 0.05) is 24.2 Å². The zero-order chi connectivity index (χ0) is 12.4. The van der Waals surface area contributed by atoms with Crippen LogP contribution in [0.2, 0.25) is 0 Å². The average Bonchev–Trinajstić information content (AvgIpc) is 2.88. The highest BCUT2D eigenvalue weighted by molar-refractivity contribution is 7.13. The lowest BCUT2D eigenvalue weighted by Crippen LogP contribution is -2.17. The molecule has 4 nitrogen and oxygen atoms in total. The Bertz CT molecular complexity index is 500. The van der Waals surface area contributed by atoms with Gasteiger partial charge in [-0.2, -0.15) is 5.10 Å². The molecule has 2 aromatic rings. The van der Waals surface area contributed by atoms with Crippen LogP contribution in [-0.2, 0) is 7.05 Å². The van der Waals surface area contributed by atoms with Gasteiger partial charge in [0.05, 0.1) is 17.5 Å². The maximum Gasteiger partial charge on any atom is 0.127 e. The van der Waals surface area contributed by atoms with E-state index in [-0.39, 0.29) is 0 Å². The third-order valence-electron chi connectivity index (χ3n) is 2.94. The van der Waals surface area contributed by atoms with E-state index < -0.39 is 0 Å². The first kappa shape index (κ1) is 12.3. The van der Waals surface area contributed by atoms with Crippen molar-refractivity contribution >= 4 is 11.3 Å². The highest BCUT2D eigenvalue weighted by atomic mass is 32.1. The first-order chi connectivity index (χ1) is 8.13. The second kappa shape index (κ2) is 4.98. The number of nitrogens with one attached hydrogen (secondary N) is 1. The molecule has 17 heavy (non-hydrogen) atoms. The van der Waals surface area contributed by atoms with Gasteiger partial charge in [-0.3, -0.25) is 4.68 Å². The minimum Gasteiger partial charge on any atom is -0.309 e. The van der Waals surface area contributed by atoms with E-state index in [0.717, 1.165) is 28.5 Å². The first-order valence-corrected chi connectivity index (χ1v) is 6.69. The molecule has 0 aliphatic carbocycles. The number of aryl methyl sites for hydroxylation is 1. The molecular formula is C12H18N4S. The molecule has 1 atom stereocenters. The predicted octanol–water partition coefficient (Wildman–Crippen LogP) is 2.52. The highest BCUT2D eigenvalue weighted by Gasteiger charge is 2.13. The van der Waals surface area contributed by atoms with Gasteiger partial charge in [-0.25, -0.2) is 4.98 Å². The quantitative estimate of drug-likeness (QED) is 0.906. The molecule has 0 aliphatic rings. The lowest BCUT2D eigenvalue weighted by molar-refractivity contribution is 0.587. The van der Waals surface area contributed by atoms with Gasteiger partial charge in [-0.1, -0.05) is 6.92 Å². The monoisotopic (exact) mass is 250 g/mol. The summed E-state index contributed by atoms with van der Waals surface area (Å²) in [5.41, 5.74) is 3.39. The summed E-state index contributed by atoms with van der Waals surface area (Å²) in [6.45, 7) is 7.27. The highest BCUT2D eigenvalue weighted by Crippen LogP contribution is 2.28. The van der Waals surface area contributed by atoms with Gasteiger partial charge in [-0.05, 0) is 20.4 Å². The van der Waals surface area contributed by atoms with Gasteiger partial charge in [0.25, 0.3) is 0 Å². The Labute approximate surface area is 106 Å². The van der Waals surface area contributed by atoms with Crippen LogP contribution in [0.5, 0.6) is 0 Å². The number of hydrogen-bond acceptors (Lipinski definition) is 4. The fourth-order valence-electron chi connectivity index (χ4n) is 1.73. The zero-order valence-corrected chi connectivity index (χ0v) is 11.5. The molecule has 5 heteroatoms. The van der Waals surface area contributed by atoms with Crippen LogP contribution in [0.4, 0.5) is 0 Å². The van der Waals surface area contributed by atoms with E-state index in [1.54, 1.807) is 11.3 Å². The maximum absolute atomic E-state index is 4.68. The van der Waals surface area contributed by atoms with Crippen molar-refractivity contribution in [2.24, 2.45) is 7.05 Å². The van der Waals surface area contributed by atoms with Crippen LogP contribution in [0.3, 0.4) is 0 Å². The molecule has 0 spiro atoms. The van der Waals surface area contributed by atoms with Crippen molar-refractivity contribution in [2.45, 2.75) is 26.8 Å². The van der Waals surface area contributed by atoms with Crippen molar-refractivity contribution in [3.05, 3.63) is 23.0 Å². The van der Waals surface area contributed by atoms with Crippen molar-refractivity contribution in [1.82, 2.24) is 20.1 Å². The molecule has 2 heterocycles. The Kier molecular flexibility index (Phi) is 3.59. The third kappa shape index (κ3) is 2.40. The molecule has 0 saturated carbocycles. The number of thiazole rings is 1. The molecule has 0 saturated heterocycles. The lowest BCUT2D eigenvalue weighted by Gasteiger charge is -2.08. The maximum atomic E-state index is 4.68. The van der Waals surface area contributed by atoms with Crippen LogP contribution in [0, 0.1) is 6.92 Å². The summed E-state index contributed by atoms with van der Waals surface area (Å²) in [5, 5.41) is 10.8. The summed E-state index contributed by atoms with van der Waals surface area (Å²) >= 11 is 1.68. The average molecular weight is 250 g/mol. The Balaban J connectivity index is 2.27. The summed E-state index contributed by atoms with van der Waals surface area (Å²) in [6.07, 6.45) is 1.88. The summed E-state index contributed by atoms with van der Waals surface area (Å²) in [6, 6.07) is 0.307. The topological polar surface area (TPSA) is 42.7 Å². The molecule has 0 bridgehead atoms. The summed E-state index contributed by atoms with van der Waals surface area (Å²) in [5.74, 6) is 0. The van der Waals surface area contributed by atoms with E-state index in [9.17, 15) is 0 Å². The molecule has 1 unspecified atom stereocenters. The molecule has 0 amide bonds. The van der Waals surface area contributed by atoms with Crippen LogP contribution in [0.25, 0.3) is 10.6 Å². The number of nitrogens with zero attached hydrogens (tertiary/aromatic N) is 3. The predicted molar refractivity (Wildman–Crippen MR) is 71.1 cm³/mol. The molecular weight excluding hydrogens is 232 g/mol. The second-order valence-electron chi connectivity index (χ2n) is 4.12. The van der Waals surface area contributed by atoms with Gasteiger partial charge < -0.3 is 5.32 Å². The minimum absolute atomic E-state index is 0.307. The lowest BCUT2D eigenvalue weighted by atomic mass is 10.2. The first-order valence-electron chi connectivity index (χ1n) is 5.81. The van der Waals surface area contributed by atoms with Crippen molar-refractivity contribution in [1.29, 1.82) is 0 Å². The normalized spacial score (nSPS) is 12.9. The van der Waals surface area contributed by atoms with E-state index in [4.69, 9.17) is 0 Å². The summed E-state index contributed by atoms with van der Waals surface area (Å²) in [4.78, 5) is 4.68. The zero-order valence-electron chi connectivity index (χ0n) is 10.7. The van der Waals surface area contributed by atoms with Crippen LogP contribution >= 0.6 is 11.3 Å². The SMILES string of the molecule is CCNC(C)c1csc(-c2cnn(C)c2C)n1. The van der Waals surface area contributed by atoms with Crippen molar-refractivity contribution < 1.29 is 0 Å². The van der Waals surface area contributed by atoms with Crippen molar-refractivity contribution in [3.8, 4) is 10.6 Å². The largest absolute Gasteiger partial charge is 0.309 e. The van der Waals surface area contributed by atoms with Crippen LogP contribution in [0.15, 0.2) is 11.6 Å². The van der Waals surface area contributed by atoms with Crippen LogP contribution in [0.1, 0.15) is 31.3 Å². The second-order valence-corrected chi connectivity index (χ2v) is 4.98. The van der Waals surface area contributed by atoms with Crippen molar-refractivity contribution in [2.75, 3.05) is 6.54 Å². The van der Waals surface area contributed by atoms with E-state index in [0.29, 0.717) is 6.04 Å².